The fourth-order valence-electron chi connectivity index (χ4n) is 2.92. The van der Waals surface area contributed by atoms with Crippen molar-refractivity contribution in [2.24, 2.45) is 0 Å². The zero-order chi connectivity index (χ0) is 21.1. The summed E-state index contributed by atoms with van der Waals surface area (Å²) in [6.45, 7) is 0. The fourth-order valence-corrected chi connectivity index (χ4v) is 4.90. The lowest BCUT2D eigenvalue weighted by atomic mass is 10.2. The summed E-state index contributed by atoms with van der Waals surface area (Å²) in [7, 11) is -1.94. The zero-order valence-corrected chi connectivity index (χ0v) is 17.6. The highest BCUT2D eigenvalue weighted by molar-refractivity contribution is 7.91. The first-order valence-corrected chi connectivity index (χ1v) is 11.6. The molecule has 7 nitrogen and oxygen atoms in total. The Labute approximate surface area is 177 Å². The zero-order valence-electron chi connectivity index (χ0n) is 16.0. The molecule has 0 saturated heterocycles. The number of nitrogens with one attached hydrogen (secondary N) is 1. The highest BCUT2D eigenvalue weighted by atomic mass is 32.2. The van der Waals surface area contributed by atoms with E-state index in [0.717, 1.165) is 5.39 Å². The summed E-state index contributed by atoms with van der Waals surface area (Å²) >= 11 is 1.24. The number of methoxy groups -OCH3 is 1. The number of rotatable bonds is 7. The number of amides is 1. The predicted molar refractivity (Wildman–Crippen MR) is 116 cm³/mol. The monoisotopic (exact) mass is 442 g/mol. The van der Waals surface area contributed by atoms with E-state index in [1.165, 1.54) is 23.5 Å². The highest BCUT2D eigenvalue weighted by Crippen LogP contribution is 2.34. The van der Waals surface area contributed by atoms with E-state index >= 15 is 0 Å². The Morgan fingerprint density at radius 1 is 1.17 bits per heavy atom. The molecule has 0 aliphatic rings. The van der Waals surface area contributed by atoms with Crippen LogP contribution in [0.2, 0.25) is 0 Å². The normalized spacial score (nSPS) is 11.5. The molecule has 0 spiro atoms. The Balaban J connectivity index is 1.43. The molecule has 1 amide bonds. The van der Waals surface area contributed by atoms with Crippen LogP contribution in [0, 0.1) is 0 Å². The molecule has 0 fully saturated rings. The molecule has 0 atom stereocenters. The summed E-state index contributed by atoms with van der Waals surface area (Å²) < 4.78 is 35.8. The molecule has 1 N–H and O–H groups in total. The van der Waals surface area contributed by atoms with Gasteiger partial charge in [0.25, 0.3) is 0 Å². The molecule has 4 rings (SSSR count). The van der Waals surface area contributed by atoms with Crippen LogP contribution >= 0.6 is 11.3 Å². The van der Waals surface area contributed by atoms with Gasteiger partial charge in [-0.25, -0.2) is 13.4 Å². The maximum atomic E-state index is 12.3. The number of thiazole rings is 1. The van der Waals surface area contributed by atoms with E-state index < -0.39 is 15.7 Å². The average molecular weight is 443 g/mol. The molecule has 154 valence electrons. The number of hydrogen-bond acceptors (Lipinski definition) is 7. The lowest BCUT2D eigenvalue weighted by Gasteiger charge is -2.04. The van der Waals surface area contributed by atoms with Crippen molar-refractivity contribution in [1.82, 2.24) is 4.98 Å². The Morgan fingerprint density at radius 2 is 1.97 bits per heavy atom. The number of fused-ring (bicyclic) bond motifs is 1. The third kappa shape index (κ3) is 4.22. The minimum absolute atomic E-state index is 0.159. The quantitative estimate of drug-likeness (QED) is 0.456. The van der Waals surface area contributed by atoms with Crippen LogP contribution in [0.3, 0.4) is 0 Å². The molecular weight excluding hydrogens is 424 g/mol. The number of carbonyl (C=O) groups excluding carboxylic acids is 1. The summed E-state index contributed by atoms with van der Waals surface area (Å²) in [5.41, 5.74) is 1.20. The third-order valence-electron chi connectivity index (χ3n) is 4.43. The van der Waals surface area contributed by atoms with E-state index in [1.807, 2.05) is 24.3 Å². The maximum Gasteiger partial charge on any atom is 0.227 e. The van der Waals surface area contributed by atoms with Gasteiger partial charge in [-0.2, -0.15) is 0 Å². The molecule has 0 aliphatic heterocycles. The molecule has 0 radical (unpaired) electrons. The summed E-state index contributed by atoms with van der Waals surface area (Å²) in [5, 5.41) is 5.67. The van der Waals surface area contributed by atoms with Gasteiger partial charge >= 0.3 is 0 Å². The summed E-state index contributed by atoms with van der Waals surface area (Å²) in [4.78, 5) is 16.8. The number of anilines is 1. The van der Waals surface area contributed by atoms with E-state index in [2.05, 4.69) is 10.3 Å². The molecule has 2 heterocycles. The van der Waals surface area contributed by atoms with E-state index in [-0.39, 0.29) is 17.1 Å². The molecular formula is C21H18N2O5S2. The van der Waals surface area contributed by atoms with Crippen LogP contribution in [0.5, 0.6) is 5.75 Å². The van der Waals surface area contributed by atoms with Crippen molar-refractivity contribution in [3.63, 3.8) is 0 Å². The SMILES string of the molecule is COc1cccc2cc(-c3csc(NC(=O)CCS(=O)(=O)c4ccccc4)n3)oc12. The largest absolute Gasteiger partial charge is 0.493 e. The van der Waals surface area contributed by atoms with Gasteiger partial charge in [0.15, 0.2) is 32.1 Å². The number of benzene rings is 2. The van der Waals surface area contributed by atoms with Crippen molar-refractivity contribution in [3.05, 3.63) is 60.0 Å². The average Bonchev–Trinajstić information content (AvgIpc) is 3.39. The van der Waals surface area contributed by atoms with E-state index in [9.17, 15) is 13.2 Å². The van der Waals surface area contributed by atoms with Crippen molar-refractivity contribution in [3.8, 4) is 17.2 Å². The van der Waals surface area contributed by atoms with Crippen molar-refractivity contribution in [1.29, 1.82) is 0 Å². The second-order valence-corrected chi connectivity index (χ2v) is 9.42. The van der Waals surface area contributed by atoms with Gasteiger partial charge in [0.05, 0.1) is 17.8 Å². The van der Waals surface area contributed by atoms with E-state index in [4.69, 9.17) is 9.15 Å². The van der Waals surface area contributed by atoms with Gasteiger partial charge in [0.2, 0.25) is 5.91 Å². The van der Waals surface area contributed by atoms with Gasteiger partial charge in [-0.15, -0.1) is 11.3 Å². The Morgan fingerprint density at radius 3 is 2.73 bits per heavy atom. The Bertz CT molecular complexity index is 1290. The summed E-state index contributed by atoms with van der Waals surface area (Å²) in [6.07, 6.45) is -0.159. The summed E-state index contributed by atoms with van der Waals surface area (Å²) in [6, 6.07) is 15.5. The molecule has 0 aliphatic carbocycles. The number of para-hydroxylation sites is 1. The van der Waals surface area contributed by atoms with Crippen LogP contribution in [0.1, 0.15) is 6.42 Å². The van der Waals surface area contributed by atoms with Gasteiger partial charge in [0, 0.05) is 17.2 Å². The third-order valence-corrected chi connectivity index (χ3v) is 6.92. The van der Waals surface area contributed by atoms with Crippen molar-refractivity contribution < 1.29 is 22.4 Å². The Hall–Kier alpha value is -3.17. The van der Waals surface area contributed by atoms with Gasteiger partial charge < -0.3 is 14.5 Å². The summed E-state index contributed by atoms with van der Waals surface area (Å²) in [5.74, 6) is 0.492. The standard InChI is InChI=1S/C21H18N2O5S2/c1-27-17-9-5-6-14-12-18(28-20(14)17)16-13-29-21(22-16)23-19(24)10-11-30(25,26)15-7-3-2-4-8-15/h2-9,12-13H,10-11H2,1H3,(H,22,23,24). The van der Waals surface area contributed by atoms with Crippen LogP contribution in [0.25, 0.3) is 22.4 Å². The van der Waals surface area contributed by atoms with Gasteiger partial charge in [-0.3, -0.25) is 4.79 Å². The van der Waals surface area contributed by atoms with E-state index in [1.54, 1.807) is 30.7 Å². The van der Waals surface area contributed by atoms with Crippen LogP contribution in [0.15, 0.2) is 69.3 Å². The number of hydrogen-bond donors (Lipinski definition) is 1. The van der Waals surface area contributed by atoms with Crippen molar-refractivity contribution >= 4 is 43.2 Å². The van der Waals surface area contributed by atoms with Gasteiger partial charge in [0.1, 0.15) is 5.69 Å². The topological polar surface area (TPSA) is 98.5 Å². The van der Waals surface area contributed by atoms with Gasteiger partial charge in [-0.05, 0) is 24.3 Å². The lowest BCUT2D eigenvalue weighted by molar-refractivity contribution is -0.115. The predicted octanol–water partition coefficient (Wildman–Crippen LogP) is 4.37. The van der Waals surface area contributed by atoms with Crippen LogP contribution in [0.4, 0.5) is 5.13 Å². The number of furan rings is 1. The number of carbonyl (C=O) groups is 1. The van der Waals surface area contributed by atoms with Gasteiger partial charge in [-0.1, -0.05) is 30.3 Å². The number of aromatic nitrogens is 1. The molecule has 9 heteroatoms. The minimum atomic E-state index is -3.51. The molecule has 0 saturated carbocycles. The number of sulfone groups is 1. The molecule has 4 aromatic rings. The molecule has 2 aromatic carbocycles. The number of ether oxygens (including phenoxy) is 1. The maximum absolute atomic E-state index is 12.3. The first kappa shape index (κ1) is 20.1. The smallest absolute Gasteiger partial charge is 0.227 e. The molecule has 0 bridgehead atoms. The molecule has 30 heavy (non-hydrogen) atoms. The Kier molecular flexibility index (Phi) is 5.56. The van der Waals surface area contributed by atoms with Crippen molar-refractivity contribution in [2.45, 2.75) is 11.3 Å². The molecule has 2 aromatic heterocycles. The number of nitrogens with zero attached hydrogens (tertiary/aromatic N) is 1. The lowest BCUT2D eigenvalue weighted by Crippen LogP contribution is -2.17. The second kappa shape index (κ2) is 8.29. The first-order valence-electron chi connectivity index (χ1n) is 9.06. The fraction of sp³-hybridized carbons (Fsp3) is 0.143. The first-order chi connectivity index (χ1) is 14.5. The highest BCUT2D eigenvalue weighted by Gasteiger charge is 2.18. The minimum Gasteiger partial charge on any atom is -0.493 e. The second-order valence-electron chi connectivity index (χ2n) is 6.46. The van der Waals surface area contributed by atoms with Crippen LogP contribution in [-0.4, -0.2) is 32.2 Å². The van der Waals surface area contributed by atoms with Crippen LogP contribution < -0.4 is 10.1 Å². The van der Waals surface area contributed by atoms with E-state index in [0.29, 0.717) is 27.9 Å². The van der Waals surface area contributed by atoms with Crippen LogP contribution in [-0.2, 0) is 14.6 Å². The molecule has 0 unspecified atom stereocenters. The van der Waals surface area contributed by atoms with Crippen molar-refractivity contribution in [2.75, 3.05) is 18.2 Å².